The molecule has 2 N–H and O–H groups in total. The molecule has 0 spiro atoms. The van der Waals surface area contributed by atoms with Crippen molar-refractivity contribution in [2.45, 2.75) is 19.8 Å². The number of ether oxygens (including phenoxy) is 2. The summed E-state index contributed by atoms with van der Waals surface area (Å²) in [5.74, 6) is -0.663. The Morgan fingerprint density at radius 2 is 1.76 bits per heavy atom. The van der Waals surface area contributed by atoms with E-state index in [2.05, 4.69) is 26.6 Å². The summed E-state index contributed by atoms with van der Waals surface area (Å²) in [7, 11) is 0. The number of aryl methyl sites for hydroxylation is 1. The number of benzene rings is 3. The normalized spacial score (nSPS) is 10.8. The fraction of sp³-hybridized carbons (Fsp3) is 0.207. The summed E-state index contributed by atoms with van der Waals surface area (Å²) in [5, 5.41) is 15.0. The number of nitrogens with zero attached hydrogens (tertiary/aromatic N) is 1. The minimum absolute atomic E-state index is 0.0554. The summed E-state index contributed by atoms with van der Waals surface area (Å²) >= 11 is 3.44. The van der Waals surface area contributed by atoms with Crippen LogP contribution >= 0.6 is 15.9 Å². The first-order valence-corrected chi connectivity index (χ1v) is 12.8. The van der Waals surface area contributed by atoms with Crippen LogP contribution in [0.4, 0.5) is 10.1 Å². The number of nitrogens with one attached hydrogen (secondary N) is 2. The van der Waals surface area contributed by atoms with Gasteiger partial charge in [0, 0.05) is 16.7 Å². The topological polar surface area (TPSA) is 100 Å². The predicted molar refractivity (Wildman–Crippen MR) is 147 cm³/mol. The van der Waals surface area contributed by atoms with Gasteiger partial charge in [-0.15, -0.1) is 0 Å². The highest BCUT2D eigenvalue weighted by molar-refractivity contribution is 9.10. The van der Waals surface area contributed by atoms with E-state index >= 15 is 0 Å². The molecule has 3 aromatic carbocycles. The third-order valence-electron chi connectivity index (χ3n) is 5.29. The van der Waals surface area contributed by atoms with Gasteiger partial charge in [-0.05, 0) is 73.4 Å². The van der Waals surface area contributed by atoms with Crippen LogP contribution < -0.4 is 20.1 Å². The highest BCUT2D eigenvalue weighted by Gasteiger charge is 2.15. The lowest BCUT2D eigenvalue weighted by atomic mass is 10.1. The Morgan fingerprint density at radius 3 is 2.45 bits per heavy atom. The van der Waals surface area contributed by atoms with Crippen molar-refractivity contribution in [1.82, 2.24) is 5.32 Å². The monoisotopic (exact) mass is 579 g/mol. The van der Waals surface area contributed by atoms with Crippen LogP contribution in [0, 0.1) is 17.1 Å². The van der Waals surface area contributed by atoms with E-state index in [4.69, 9.17) is 9.47 Å². The predicted octanol–water partition coefficient (Wildman–Crippen LogP) is 5.66. The molecule has 3 aromatic rings. The van der Waals surface area contributed by atoms with E-state index in [1.165, 1.54) is 35.9 Å². The van der Waals surface area contributed by atoms with Gasteiger partial charge in [-0.3, -0.25) is 9.59 Å². The highest BCUT2D eigenvalue weighted by atomic mass is 79.9. The molecule has 9 heteroatoms. The van der Waals surface area contributed by atoms with Crippen LogP contribution in [-0.4, -0.2) is 31.6 Å². The van der Waals surface area contributed by atoms with Crippen LogP contribution in [0.5, 0.6) is 11.5 Å². The number of carbonyl (C=O) groups is 2. The summed E-state index contributed by atoms with van der Waals surface area (Å²) in [4.78, 5) is 24.9. The number of nitriles is 1. The van der Waals surface area contributed by atoms with E-state index < -0.39 is 17.6 Å². The first kappa shape index (κ1) is 28.4. The van der Waals surface area contributed by atoms with Crippen LogP contribution in [-0.2, 0) is 16.0 Å². The van der Waals surface area contributed by atoms with Gasteiger partial charge in [0.15, 0.2) is 18.1 Å². The zero-order valence-electron chi connectivity index (χ0n) is 20.8. The van der Waals surface area contributed by atoms with Crippen molar-refractivity contribution in [3.05, 3.63) is 93.7 Å². The first-order valence-electron chi connectivity index (χ1n) is 12.0. The zero-order valence-corrected chi connectivity index (χ0v) is 22.4. The minimum atomic E-state index is -0.469. The van der Waals surface area contributed by atoms with Gasteiger partial charge in [0.05, 0.1) is 6.61 Å². The van der Waals surface area contributed by atoms with Gasteiger partial charge < -0.3 is 20.1 Å². The second-order valence-corrected chi connectivity index (χ2v) is 8.97. The first-order chi connectivity index (χ1) is 18.4. The highest BCUT2D eigenvalue weighted by Crippen LogP contribution is 2.35. The summed E-state index contributed by atoms with van der Waals surface area (Å²) in [5.41, 5.74) is 2.10. The Bertz CT molecular complexity index is 1320. The van der Waals surface area contributed by atoms with Crippen molar-refractivity contribution in [3.8, 4) is 17.6 Å². The van der Waals surface area contributed by atoms with Gasteiger partial charge in [0.25, 0.3) is 11.8 Å². The van der Waals surface area contributed by atoms with E-state index in [-0.39, 0.29) is 12.2 Å². The van der Waals surface area contributed by atoms with Crippen LogP contribution in [0.1, 0.15) is 24.5 Å². The molecule has 0 unspecified atom stereocenters. The zero-order chi connectivity index (χ0) is 27.3. The van der Waals surface area contributed by atoms with Gasteiger partial charge in [0.2, 0.25) is 0 Å². The van der Waals surface area contributed by atoms with Crippen molar-refractivity contribution in [2.75, 3.05) is 25.1 Å². The maximum atomic E-state index is 13.1. The molecule has 0 radical (unpaired) electrons. The van der Waals surface area contributed by atoms with Crippen LogP contribution in [0.3, 0.4) is 0 Å². The molecule has 0 atom stereocenters. The summed E-state index contributed by atoms with van der Waals surface area (Å²) in [6.45, 7) is 2.25. The lowest BCUT2D eigenvalue weighted by Gasteiger charge is -2.14. The van der Waals surface area contributed by atoms with Crippen molar-refractivity contribution in [3.63, 3.8) is 0 Å². The van der Waals surface area contributed by atoms with E-state index in [1.807, 2.05) is 36.4 Å². The lowest BCUT2D eigenvalue weighted by Crippen LogP contribution is -2.25. The largest absolute Gasteiger partial charge is 0.490 e. The number of halogens is 2. The Hall–Kier alpha value is -4.16. The smallest absolute Gasteiger partial charge is 0.262 e. The SMILES string of the molecule is CCOc1cc(/C=C(/C#N)C(=O)NCCCc2ccccc2)c(Br)cc1OCC(=O)Nc1ccc(F)cc1. The molecule has 0 aliphatic rings. The van der Waals surface area contributed by atoms with Crippen LogP contribution in [0.2, 0.25) is 0 Å². The van der Waals surface area contributed by atoms with Crippen molar-refractivity contribution in [2.24, 2.45) is 0 Å². The standard InChI is InChI=1S/C29H27BrFN3O4/c1-2-37-26-16-21(15-22(18-32)29(36)33-14-6-9-20-7-4-3-5-8-20)25(30)17-27(26)38-19-28(35)34-24-12-10-23(31)11-13-24/h3-5,7-8,10-13,15-17H,2,6,9,14,19H2,1H3,(H,33,36)(H,34,35)/b22-15-. The molecule has 0 aliphatic heterocycles. The maximum Gasteiger partial charge on any atom is 0.262 e. The number of anilines is 1. The molecule has 0 bridgehead atoms. The molecule has 0 saturated carbocycles. The second kappa shape index (κ2) is 14.5. The van der Waals surface area contributed by atoms with Gasteiger partial charge in [-0.2, -0.15) is 5.26 Å². The number of amides is 2. The molecular formula is C29H27BrFN3O4. The Labute approximate surface area is 229 Å². The number of carbonyl (C=O) groups excluding carboxylic acids is 2. The summed E-state index contributed by atoms with van der Waals surface area (Å²) < 4.78 is 24.9. The third-order valence-corrected chi connectivity index (χ3v) is 5.97. The average molecular weight is 580 g/mol. The Balaban J connectivity index is 1.64. The molecule has 0 aliphatic carbocycles. The third kappa shape index (κ3) is 8.75. The van der Waals surface area contributed by atoms with E-state index in [0.29, 0.717) is 40.4 Å². The van der Waals surface area contributed by atoms with E-state index in [9.17, 15) is 19.2 Å². The van der Waals surface area contributed by atoms with E-state index in [1.54, 1.807) is 19.1 Å². The van der Waals surface area contributed by atoms with E-state index in [0.717, 1.165) is 12.8 Å². The van der Waals surface area contributed by atoms with Crippen molar-refractivity contribution in [1.29, 1.82) is 5.26 Å². The summed E-state index contributed by atoms with van der Waals surface area (Å²) in [6.07, 6.45) is 3.02. The van der Waals surface area contributed by atoms with Crippen LogP contribution in [0.25, 0.3) is 6.08 Å². The molecule has 0 saturated heterocycles. The average Bonchev–Trinajstić information content (AvgIpc) is 2.92. The molecule has 0 aromatic heterocycles. The maximum absolute atomic E-state index is 13.1. The molecule has 0 heterocycles. The van der Waals surface area contributed by atoms with Gasteiger partial charge >= 0.3 is 0 Å². The second-order valence-electron chi connectivity index (χ2n) is 8.11. The fourth-order valence-electron chi connectivity index (χ4n) is 3.45. The minimum Gasteiger partial charge on any atom is -0.490 e. The lowest BCUT2D eigenvalue weighted by molar-refractivity contribution is -0.118. The Kier molecular flexibility index (Phi) is 10.9. The number of rotatable bonds is 12. The molecule has 3 rings (SSSR count). The molecule has 196 valence electrons. The molecule has 2 amide bonds. The number of hydrogen-bond acceptors (Lipinski definition) is 5. The van der Waals surface area contributed by atoms with Gasteiger partial charge in [-0.1, -0.05) is 46.3 Å². The fourth-order valence-corrected chi connectivity index (χ4v) is 3.89. The quantitative estimate of drug-likeness (QED) is 0.164. The van der Waals surface area contributed by atoms with Gasteiger partial charge in [-0.25, -0.2) is 4.39 Å². The molecular weight excluding hydrogens is 553 g/mol. The molecule has 0 fully saturated rings. The Morgan fingerprint density at radius 1 is 1.05 bits per heavy atom. The number of hydrogen-bond donors (Lipinski definition) is 2. The van der Waals surface area contributed by atoms with Crippen LogP contribution in [0.15, 0.2) is 76.8 Å². The van der Waals surface area contributed by atoms with Crippen molar-refractivity contribution < 1.29 is 23.5 Å². The molecule has 7 nitrogen and oxygen atoms in total. The van der Waals surface area contributed by atoms with Crippen molar-refractivity contribution >= 4 is 39.5 Å². The molecule has 38 heavy (non-hydrogen) atoms. The van der Waals surface area contributed by atoms with Gasteiger partial charge in [0.1, 0.15) is 17.5 Å². The summed E-state index contributed by atoms with van der Waals surface area (Å²) in [6, 6.07) is 20.5.